The van der Waals surface area contributed by atoms with Gasteiger partial charge in [-0.25, -0.2) is 9.98 Å². The van der Waals surface area contributed by atoms with Gasteiger partial charge in [0.1, 0.15) is 16.2 Å². The standard InChI is InChI=1S/C12H16N4O2S2/c1-6-2-7-3-20-11(14)16-12(7,5-18-6)10-15-8(4-19-10)9(13)17/h4,6-7H,2-3,5H2,1H3,(H2,13,17)(H2,14,16). The fraction of sp³-hybridized carbons (Fsp3) is 0.583. The number of aromatic nitrogens is 1. The van der Waals surface area contributed by atoms with Crippen molar-refractivity contribution in [3.05, 3.63) is 16.1 Å². The molecule has 3 rings (SSSR count). The Balaban J connectivity index is 2.04. The minimum atomic E-state index is -0.555. The number of carbonyl (C=O) groups excluding carboxylic acids is 1. The molecule has 3 atom stereocenters. The highest BCUT2D eigenvalue weighted by Crippen LogP contribution is 2.46. The summed E-state index contributed by atoms with van der Waals surface area (Å²) in [5.74, 6) is 0.692. The van der Waals surface area contributed by atoms with Crippen LogP contribution in [0.1, 0.15) is 28.8 Å². The van der Waals surface area contributed by atoms with E-state index in [0.717, 1.165) is 17.2 Å². The molecule has 4 N–H and O–H groups in total. The number of ether oxygens (including phenoxy) is 1. The second kappa shape index (κ2) is 5.01. The smallest absolute Gasteiger partial charge is 0.268 e. The van der Waals surface area contributed by atoms with Crippen LogP contribution in [0.4, 0.5) is 0 Å². The molecule has 0 bridgehead atoms. The number of fused-ring (bicyclic) bond motifs is 1. The zero-order valence-electron chi connectivity index (χ0n) is 11.0. The van der Waals surface area contributed by atoms with E-state index in [2.05, 4.69) is 16.9 Å². The lowest BCUT2D eigenvalue weighted by molar-refractivity contribution is -0.0466. The van der Waals surface area contributed by atoms with Gasteiger partial charge >= 0.3 is 0 Å². The van der Waals surface area contributed by atoms with E-state index in [0.29, 0.717) is 17.7 Å². The summed E-state index contributed by atoms with van der Waals surface area (Å²) >= 11 is 2.97. The molecule has 0 radical (unpaired) electrons. The number of rotatable bonds is 2. The Bertz CT molecular complexity index is 574. The second-order valence-electron chi connectivity index (χ2n) is 5.14. The van der Waals surface area contributed by atoms with Gasteiger partial charge in [0.25, 0.3) is 5.91 Å². The van der Waals surface area contributed by atoms with E-state index >= 15 is 0 Å². The summed E-state index contributed by atoms with van der Waals surface area (Å²) in [6.45, 7) is 2.51. The predicted molar refractivity (Wildman–Crippen MR) is 79.9 cm³/mol. The lowest BCUT2D eigenvalue weighted by atomic mass is 9.80. The van der Waals surface area contributed by atoms with Crippen molar-refractivity contribution < 1.29 is 9.53 Å². The lowest BCUT2D eigenvalue weighted by Crippen LogP contribution is -2.49. The Kier molecular flexibility index (Phi) is 3.47. The first-order chi connectivity index (χ1) is 9.51. The number of thioether (sulfide) groups is 1. The molecule has 1 saturated heterocycles. The molecule has 1 fully saturated rings. The van der Waals surface area contributed by atoms with Gasteiger partial charge in [-0.2, -0.15) is 0 Å². The minimum Gasteiger partial charge on any atom is -0.379 e. The molecule has 6 nitrogen and oxygen atoms in total. The molecule has 8 heteroatoms. The lowest BCUT2D eigenvalue weighted by Gasteiger charge is -2.44. The van der Waals surface area contributed by atoms with E-state index in [9.17, 15) is 4.79 Å². The van der Waals surface area contributed by atoms with Gasteiger partial charge in [-0.3, -0.25) is 4.79 Å². The first-order valence-corrected chi connectivity index (χ1v) is 8.23. The number of thiazole rings is 1. The molecule has 1 aromatic heterocycles. The van der Waals surface area contributed by atoms with Gasteiger partial charge in [0.2, 0.25) is 0 Å². The van der Waals surface area contributed by atoms with E-state index in [1.54, 1.807) is 17.1 Å². The summed E-state index contributed by atoms with van der Waals surface area (Å²) in [6, 6.07) is 0. The number of amidine groups is 1. The monoisotopic (exact) mass is 312 g/mol. The number of primary amides is 1. The van der Waals surface area contributed by atoms with Crippen LogP contribution in [0, 0.1) is 5.92 Å². The number of nitrogens with zero attached hydrogens (tertiary/aromatic N) is 2. The van der Waals surface area contributed by atoms with Crippen molar-refractivity contribution in [3.63, 3.8) is 0 Å². The number of hydrogen-bond acceptors (Lipinski definition) is 7. The first kappa shape index (κ1) is 13.8. The molecule has 0 spiro atoms. The SMILES string of the molecule is CC1CC2CSC(N)=NC2(c2nc(C(N)=O)cs2)CO1. The van der Waals surface area contributed by atoms with Gasteiger partial charge in [-0.05, 0) is 13.3 Å². The van der Waals surface area contributed by atoms with Crippen molar-refractivity contribution in [2.75, 3.05) is 12.4 Å². The van der Waals surface area contributed by atoms with Crippen LogP contribution < -0.4 is 11.5 Å². The van der Waals surface area contributed by atoms with E-state index in [4.69, 9.17) is 16.2 Å². The van der Waals surface area contributed by atoms with E-state index < -0.39 is 11.4 Å². The second-order valence-corrected chi connectivity index (χ2v) is 7.04. The Hall–Kier alpha value is -1.12. The maximum atomic E-state index is 11.2. The third kappa shape index (κ3) is 2.21. The van der Waals surface area contributed by atoms with Crippen LogP contribution in [0.5, 0.6) is 0 Å². The highest BCUT2D eigenvalue weighted by Gasteiger charge is 2.49. The number of aliphatic imine (C=N–C) groups is 1. The molecule has 0 aromatic carbocycles. The quantitative estimate of drug-likeness (QED) is 0.845. The Morgan fingerprint density at radius 3 is 3.10 bits per heavy atom. The van der Waals surface area contributed by atoms with Crippen LogP contribution >= 0.6 is 23.1 Å². The normalized spacial score (nSPS) is 33.4. The van der Waals surface area contributed by atoms with Crippen molar-refractivity contribution in [2.45, 2.75) is 25.0 Å². The molecule has 0 aliphatic carbocycles. The highest BCUT2D eigenvalue weighted by atomic mass is 32.2. The number of hydrogen-bond donors (Lipinski definition) is 2. The van der Waals surface area contributed by atoms with Crippen molar-refractivity contribution in [1.29, 1.82) is 0 Å². The van der Waals surface area contributed by atoms with Crippen LogP contribution in [0.15, 0.2) is 10.4 Å². The van der Waals surface area contributed by atoms with Crippen molar-refractivity contribution in [3.8, 4) is 0 Å². The topological polar surface area (TPSA) is 104 Å². The Morgan fingerprint density at radius 2 is 2.40 bits per heavy atom. The van der Waals surface area contributed by atoms with Gasteiger partial charge in [-0.1, -0.05) is 11.8 Å². The summed E-state index contributed by atoms with van der Waals surface area (Å²) in [5, 5.41) is 3.00. The molecule has 1 aromatic rings. The molecule has 3 unspecified atom stereocenters. The molecule has 0 saturated carbocycles. The van der Waals surface area contributed by atoms with Crippen LogP contribution in [0.25, 0.3) is 0 Å². The van der Waals surface area contributed by atoms with E-state index in [1.807, 2.05) is 0 Å². The third-order valence-electron chi connectivity index (χ3n) is 3.75. The van der Waals surface area contributed by atoms with Gasteiger partial charge < -0.3 is 16.2 Å². The molecule has 2 aliphatic heterocycles. The van der Waals surface area contributed by atoms with E-state index in [1.165, 1.54) is 11.3 Å². The van der Waals surface area contributed by atoms with Gasteiger partial charge in [0, 0.05) is 17.1 Å². The summed E-state index contributed by atoms with van der Waals surface area (Å²) in [7, 11) is 0. The van der Waals surface area contributed by atoms with E-state index in [-0.39, 0.29) is 11.8 Å². The summed E-state index contributed by atoms with van der Waals surface area (Å²) in [4.78, 5) is 20.2. The van der Waals surface area contributed by atoms with Crippen LogP contribution in [0.2, 0.25) is 0 Å². The first-order valence-electron chi connectivity index (χ1n) is 6.37. The summed E-state index contributed by atoms with van der Waals surface area (Å²) < 4.78 is 5.80. The van der Waals surface area contributed by atoms with Crippen molar-refractivity contribution in [1.82, 2.24) is 4.98 Å². The number of carbonyl (C=O) groups is 1. The molecule has 2 aliphatic rings. The number of nitrogens with two attached hydrogens (primary N) is 2. The summed E-state index contributed by atoms with van der Waals surface area (Å²) in [6.07, 6.45) is 1.12. The van der Waals surface area contributed by atoms with Crippen molar-refractivity contribution >= 4 is 34.2 Å². The number of amides is 1. The maximum absolute atomic E-state index is 11.2. The average Bonchev–Trinajstić information content (AvgIpc) is 2.89. The Labute approximate surface area is 125 Å². The zero-order valence-corrected chi connectivity index (χ0v) is 12.7. The average molecular weight is 312 g/mol. The molecule has 3 heterocycles. The molecule has 20 heavy (non-hydrogen) atoms. The highest BCUT2D eigenvalue weighted by molar-refractivity contribution is 8.13. The third-order valence-corrected chi connectivity index (χ3v) is 5.71. The zero-order chi connectivity index (χ0) is 14.3. The van der Waals surface area contributed by atoms with Crippen molar-refractivity contribution in [2.24, 2.45) is 22.4 Å². The fourth-order valence-corrected chi connectivity index (χ4v) is 4.69. The fourth-order valence-electron chi connectivity index (χ4n) is 2.67. The van der Waals surface area contributed by atoms with Crippen LogP contribution in [-0.2, 0) is 10.3 Å². The summed E-state index contributed by atoms with van der Waals surface area (Å²) in [5.41, 5.74) is 10.9. The van der Waals surface area contributed by atoms with Crippen LogP contribution in [-0.4, -0.2) is 34.5 Å². The predicted octanol–water partition coefficient (Wildman–Crippen LogP) is 0.924. The molecule has 108 valence electrons. The van der Waals surface area contributed by atoms with Crippen LogP contribution in [0.3, 0.4) is 0 Å². The largest absolute Gasteiger partial charge is 0.379 e. The van der Waals surface area contributed by atoms with Gasteiger partial charge in [0.05, 0.1) is 12.7 Å². The molecular formula is C12H16N4O2S2. The van der Waals surface area contributed by atoms with Gasteiger partial charge in [-0.15, -0.1) is 11.3 Å². The van der Waals surface area contributed by atoms with Gasteiger partial charge in [0.15, 0.2) is 5.17 Å². The molecule has 1 amide bonds. The maximum Gasteiger partial charge on any atom is 0.268 e. The minimum absolute atomic E-state index is 0.207. The Morgan fingerprint density at radius 1 is 1.60 bits per heavy atom. The molecular weight excluding hydrogens is 296 g/mol.